The van der Waals surface area contributed by atoms with E-state index in [1.54, 1.807) is 18.2 Å². The Morgan fingerprint density at radius 1 is 1.04 bits per heavy atom. The molecule has 1 aromatic heterocycles. The van der Waals surface area contributed by atoms with Gasteiger partial charge in [-0.15, -0.1) is 5.10 Å². The van der Waals surface area contributed by atoms with Crippen LogP contribution in [0.4, 0.5) is 4.39 Å². The summed E-state index contributed by atoms with van der Waals surface area (Å²) in [6.45, 7) is 0. The molecular weight excluding hydrogens is 293 g/mol. The van der Waals surface area contributed by atoms with Crippen LogP contribution in [0.5, 0.6) is 0 Å². The van der Waals surface area contributed by atoms with E-state index in [0.717, 1.165) is 18.4 Å². The summed E-state index contributed by atoms with van der Waals surface area (Å²) in [5, 5.41) is 15.5. The highest BCUT2D eigenvalue weighted by molar-refractivity contribution is 5.35. The van der Waals surface area contributed by atoms with E-state index in [1.807, 2.05) is 30.3 Å². The summed E-state index contributed by atoms with van der Waals surface area (Å²) in [5.41, 5.74) is 1.41. The number of rotatable bonds is 5. The lowest BCUT2D eigenvalue weighted by Gasteiger charge is -2.18. The summed E-state index contributed by atoms with van der Waals surface area (Å²) in [7, 11) is 0. The number of aromatic nitrogens is 4. The van der Waals surface area contributed by atoms with Gasteiger partial charge >= 0.3 is 0 Å². The minimum atomic E-state index is -0.348. The second-order valence-corrected chi connectivity index (χ2v) is 5.68. The molecule has 1 heterocycles. The zero-order valence-electron chi connectivity index (χ0n) is 12.4. The van der Waals surface area contributed by atoms with Crippen LogP contribution in [0.1, 0.15) is 30.3 Å². The van der Waals surface area contributed by atoms with Crippen molar-refractivity contribution in [3.8, 4) is 5.69 Å². The van der Waals surface area contributed by atoms with E-state index in [0.29, 0.717) is 17.6 Å². The molecule has 1 aliphatic rings. The predicted octanol–water partition coefficient (Wildman–Crippen LogP) is 2.64. The van der Waals surface area contributed by atoms with Gasteiger partial charge in [0.1, 0.15) is 11.5 Å². The van der Waals surface area contributed by atoms with Crippen LogP contribution < -0.4 is 5.32 Å². The Hall–Kier alpha value is -2.60. The Balaban J connectivity index is 1.78. The zero-order valence-corrected chi connectivity index (χ0v) is 12.4. The Morgan fingerprint density at radius 3 is 2.52 bits per heavy atom. The maximum absolute atomic E-state index is 14.1. The molecule has 0 spiro atoms. The van der Waals surface area contributed by atoms with Gasteiger partial charge in [0.15, 0.2) is 5.82 Å². The molecule has 1 fully saturated rings. The molecule has 2 aromatic carbocycles. The number of halogens is 1. The summed E-state index contributed by atoms with van der Waals surface area (Å²) in [5.74, 6) is 0.243. The fraction of sp³-hybridized carbons (Fsp3) is 0.235. The lowest BCUT2D eigenvalue weighted by Crippen LogP contribution is -2.27. The van der Waals surface area contributed by atoms with Crippen LogP contribution in [-0.4, -0.2) is 26.2 Å². The molecule has 3 aromatic rings. The van der Waals surface area contributed by atoms with Gasteiger partial charge in [0.2, 0.25) is 0 Å². The fourth-order valence-electron chi connectivity index (χ4n) is 2.62. The van der Waals surface area contributed by atoms with E-state index >= 15 is 0 Å². The van der Waals surface area contributed by atoms with E-state index in [2.05, 4.69) is 20.8 Å². The quantitative estimate of drug-likeness (QED) is 0.787. The third-order valence-electron chi connectivity index (χ3n) is 3.95. The summed E-state index contributed by atoms with van der Waals surface area (Å²) in [6, 6.07) is 16.8. The molecule has 1 unspecified atom stereocenters. The van der Waals surface area contributed by atoms with Crippen molar-refractivity contribution >= 4 is 0 Å². The molecule has 1 aliphatic carbocycles. The van der Waals surface area contributed by atoms with Gasteiger partial charge in [0.25, 0.3) is 0 Å². The van der Waals surface area contributed by atoms with E-state index in [1.165, 1.54) is 10.7 Å². The SMILES string of the molecule is Fc1ccccc1-n1nnnc1C(NC1CC1)c1ccccc1. The fourth-order valence-corrected chi connectivity index (χ4v) is 2.62. The molecule has 23 heavy (non-hydrogen) atoms. The highest BCUT2D eigenvalue weighted by Crippen LogP contribution is 2.28. The van der Waals surface area contributed by atoms with E-state index < -0.39 is 0 Å². The molecule has 0 saturated heterocycles. The molecule has 0 amide bonds. The van der Waals surface area contributed by atoms with Gasteiger partial charge in [0.05, 0.1) is 6.04 Å². The average Bonchev–Trinajstić information content (AvgIpc) is 3.29. The Labute approximate surface area is 133 Å². The third-order valence-corrected chi connectivity index (χ3v) is 3.95. The topological polar surface area (TPSA) is 55.6 Å². The number of nitrogens with one attached hydrogen (secondary N) is 1. The van der Waals surface area contributed by atoms with E-state index in [-0.39, 0.29) is 11.9 Å². The van der Waals surface area contributed by atoms with Gasteiger partial charge in [-0.05, 0) is 41.0 Å². The monoisotopic (exact) mass is 309 g/mol. The second kappa shape index (κ2) is 5.89. The molecule has 1 N–H and O–H groups in total. The van der Waals surface area contributed by atoms with Crippen molar-refractivity contribution in [3.63, 3.8) is 0 Å². The number of hydrogen-bond acceptors (Lipinski definition) is 4. The summed E-state index contributed by atoms with van der Waals surface area (Å²) in [4.78, 5) is 0. The first-order valence-corrected chi connectivity index (χ1v) is 7.67. The molecule has 0 radical (unpaired) electrons. The summed E-state index contributed by atoms with van der Waals surface area (Å²) >= 11 is 0. The number of benzene rings is 2. The molecule has 1 atom stereocenters. The summed E-state index contributed by atoms with van der Waals surface area (Å²) < 4.78 is 15.6. The standard InChI is InChI=1S/C17H16FN5/c18-14-8-4-5-9-15(14)23-17(20-21-22-23)16(19-13-10-11-13)12-6-2-1-3-7-12/h1-9,13,16,19H,10-11H2. The Kier molecular flexibility index (Phi) is 3.59. The van der Waals surface area contributed by atoms with Gasteiger partial charge in [-0.1, -0.05) is 42.5 Å². The Morgan fingerprint density at radius 2 is 1.78 bits per heavy atom. The predicted molar refractivity (Wildman–Crippen MR) is 83.6 cm³/mol. The smallest absolute Gasteiger partial charge is 0.178 e. The van der Waals surface area contributed by atoms with Crippen LogP contribution in [-0.2, 0) is 0 Å². The first-order chi connectivity index (χ1) is 11.3. The van der Waals surface area contributed by atoms with Crippen LogP contribution in [0.3, 0.4) is 0 Å². The molecule has 0 bridgehead atoms. The molecule has 5 nitrogen and oxygen atoms in total. The van der Waals surface area contributed by atoms with Crippen LogP contribution in [0, 0.1) is 5.82 Å². The maximum Gasteiger partial charge on any atom is 0.178 e. The van der Waals surface area contributed by atoms with Crippen LogP contribution in [0.15, 0.2) is 54.6 Å². The first-order valence-electron chi connectivity index (χ1n) is 7.67. The minimum Gasteiger partial charge on any atom is -0.301 e. The van der Waals surface area contributed by atoms with Crippen molar-refractivity contribution in [1.82, 2.24) is 25.5 Å². The maximum atomic E-state index is 14.1. The average molecular weight is 309 g/mol. The number of hydrogen-bond donors (Lipinski definition) is 1. The lowest BCUT2D eigenvalue weighted by molar-refractivity contribution is 0.547. The Bertz CT molecular complexity index is 798. The van der Waals surface area contributed by atoms with Crippen molar-refractivity contribution in [2.24, 2.45) is 0 Å². The van der Waals surface area contributed by atoms with Crippen LogP contribution in [0.25, 0.3) is 5.69 Å². The molecule has 1 saturated carbocycles. The lowest BCUT2D eigenvalue weighted by atomic mass is 10.1. The summed E-state index contributed by atoms with van der Waals surface area (Å²) in [6.07, 6.45) is 2.29. The molecule has 0 aliphatic heterocycles. The molecule has 116 valence electrons. The number of para-hydroxylation sites is 1. The highest BCUT2D eigenvalue weighted by Gasteiger charge is 2.30. The first kappa shape index (κ1) is 14.0. The number of nitrogens with zero attached hydrogens (tertiary/aromatic N) is 4. The van der Waals surface area contributed by atoms with Crippen molar-refractivity contribution in [1.29, 1.82) is 0 Å². The number of tetrazole rings is 1. The highest BCUT2D eigenvalue weighted by atomic mass is 19.1. The van der Waals surface area contributed by atoms with Crippen molar-refractivity contribution in [2.75, 3.05) is 0 Å². The molecular formula is C17H16FN5. The zero-order chi connectivity index (χ0) is 15.6. The molecule has 4 rings (SSSR count). The van der Waals surface area contributed by atoms with Crippen LogP contribution >= 0.6 is 0 Å². The third kappa shape index (κ3) is 2.85. The van der Waals surface area contributed by atoms with Crippen LogP contribution in [0.2, 0.25) is 0 Å². The second-order valence-electron chi connectivity index (χ2n) is 5.68. The largest absolute Gasteiger partial charge is 0.301 e. The normalized spacial score (nSPS) is 15.5. The van der Waals surface area contributed by atoms with Gasteiger partial charge in [-0.3, -0.25) is 0 Å². The van der Waals surface area contributed by atoms with Gasteiger partial charge < -0.3 is 5.32 Å². The van der Waals surface area contributed by atoms with Crippen molar-refractivity contribution < 1.29 is 4.39 Å². The van der Waals surface area contributed by atoms with E-state index in [4.69, 9.17) is 0 Å². The minimum absolute atomic E-state index is 0.168. The van der Waals surface area contributed by atoms with Crippen molar-refractivity contribution in [2.45, 2.75) is 24.9 Å². The van der Waals surface area contributed by atoms with E-state index in [9.17, 15) is 4.39 Å². The van der Waals surface area contributed by atoms with Gasteiger partial charge in [0, 0.05) is 6.04 Å². The molecule has 6 heteroatoms. The van der Waals surface area contributed by atoms with Gasteiger partial charge in [-0.2, -0.15) is 4.68 Å². The van der Waals surface area contributed by atoms with Gasteiger partial charge in [-0.25, -0.2) is 4.39 Å². The van der Waals surface area contributed by atoms with Crippen molar-refractivity contribution in [3.05, 3.63) is 71.8 Å².